The third-order valence-corrected chi connectivity index (χ3v) is 10.0. The molecule has 29 heavy (non-hydrogen) atoms. The lowest BCUT2D eigenvalue weighted by Gasteiger charge is -2.18. The summed E-state index contributed by atoms with van der Waals surface area (Å²) in [6, 6.07) is 11.4. The Balaban J connectivity index is 1.60. The zero-order valence-electron chi connectivity index (χ0n) is 15.6. The summed E-state index contributed by atoms with van der Waals surface area (Å²) in [6.07, 6.45) is 5.36. The van der Waals surface area contributed by atoms with Crippen LogP contribution in [0.2, 0.25) is 0 Å². The third kappa shape index (κ3) is 4.18. The molecule has 0 fully saturated rings. The lowest BCUT2D eigenvalue weighted by molar-refractivity contribution is 0.487. The van der Waals surface area contributed by atoms with E-state index in [-0.39, 0.29) is 21.4 Å². The van der Waals surface area contributed by atoms with E-state index in [9.17, 15) is 16.8 Å². The van der Waals surface area contributed by atoms with E-state index in [0.29, 0.717) is 0 Å². The molecule has 0 unspecified atom stereocenters. The van der Waals surface area contributed by atoms with Gasteiger partial charge in [-0.25, -0.2) is 21.6 Å². The molecular weight excluding hydrogens is 430 g/mol. The van der Waals surface area contributed by atoms with Crippen molar-refractivity contribution in [3.63, 3.8) is 0 Å². The molecular formula is C20H21NO5S3. The van der Waals surface area contributed by atoms with Gasteiger partial charge in [0.1, 0.15) is 15.2 Å². The molecule has 0 bridgehead atoms. The second-order valence-corrected chi connectivity index (χ2v) is 12.0. The molecule has 6 nitrogen and oxygen atoms in total. The molecule has 0 radical (unpaired) electrons. The maximum absolute atomic E-state index is 13.1. The van der Waals surface area contributed by atoms with Crippen LogP contribution in [-0.2, 0) is 32.7 Å². The zero-order chi connectivity index (χ0) is 20.5. The van der Waals surface area contributed by atoms with Gasteiger partial charge in [0.15, 0.2) is 9.84 Å². The second-order valence-electron chi connectivity index (χ2n) is 6.97. The minimum absolute atomic E-state index is 0.157. The van der Waals surface area contributed by atoms with Gasteiger partial charge in [-0.15, -0.1) is 11.3 Å². The van der Waals surface area contributed by atoms with E-state index in [0.717, 1.165) is 42.6 Å². The first-order valence-corrected chi connectivity index (χ1v) is 13.2. The first-order valence-electron chi connectivity index (χ1n) is 9.30. The topological polar surface area (TPSA) is 93.4 Å². The number of nitrogens with one attached hydrogen (secondary N) is 1. The minimum atomic E-state index is -3.86. The summed E-state index contributed by atoms with van der Waals surface area (Å²) in [6.45, 7) is -0.312. The van der Waals surface area contributed by atoms with Crippen LogP contribution in [0, 0.1) is 0 Å². The summed E-state index contributed by atoms with van der Waals surface area (Å²) in [7, 11) is -7.66. The van der Waals surface area contributed by atoms with Crippen molar-refractivity contribution in [3.05, 3.63) is 71.0 Å². The average molecular weight is 452 g/mol. The molecule has 0 saturated heterocycles. The quantitative estimate of drug-likeness (QED) is 0.591. The van der Waals surface area contributed by atoms with Crippen LogP contribution in [0.4, 0.5) is 0 Å². The van der Waals surface area contributed by atoms with Gasteiger partial charge in [0, 0.05) is 6.54 Å². The SMILES string of the molecule is O=S(=O)(NC[C@H](c1ccco1)S(=O)(=O)c1cccs1)c1ccc2c(c1)CCCC2. The fourth-order valence-corrected chi connectivity index (χ4v) is 7.54. The molecule has 1 aliphatic rings. The molecule has 3 aromatic rings. The summed E-state index contributed by atoms with van der Waals surface area (Å²) < 4.78 is 59.8. The molecule has 0 spiro atoms. The number of furan rings is 1. The van der Waals surface area contributed by atoms with E-state index >= 15 is 0 Å². The van der Waals surface area contributed by atoms with Crippen molar-refractivity contribution in [2.45, 2.75) is 40.0 Å². The van der Waals surface area contributed by atoms with E-state index in [4.69, 9.17) is 4.42 Å². The molecule has 4 rings (SSSR count). The monoisotopic (exact) mass is 451 g/mol. The van der Waals surface area contributed by atoms with Crippen LogP contribution in [0.15, 0.2) is 67.6 Å². The second kappa shape index (κ2) is 8.06. The summed E-state index contributed by atoms with van der Waals surface area (Å²) in [4.78, 5) is 0.157. The zero-order valence-corrected chi connectivity index (χ0v) is 18.0. The normalized spacial score (nSPS) is 15.7. The van der Waals surface area contributed by atoms with Crippen LogP contribution in [0.5, 0.6) is 0 Å². The molecule has 1 N–H and O–H groups in total. The summed E-state index contributed by atoms with van der Waals surface area (Å²) in [5.41, 5.74) is 2.23. The van der Waals surface area contributed by atoms with Crippen molar-refractivity contribution in [3.8, 4) is 0 Å². The van der Waals surface area contributed by atoms with Crippen molar-refractivity contribution in [1.29, 1.82) is 0 Å². The highest BCUT2D eigenvalue weighted by Crippen LogP contribution is 2.32. The van der Waals surface area contributed by atoms with Crippen LogP contribution < -0.4 is 4.72 Å². The molecule has 0 aliphatic heterocycles. The Bertz CT molecular complexity index is 1180. The largest absolute Gasteiger partial charge is 0.468 e. The van der Waals surface area contributed by atoms with Gasteiger partial charge >= 0.3 is 0 Å². The minimum Gasteiger partial charge on any atom is -0.468 e. The maximum Gasteiger partial charge on any atom is 0.240 e. The fourth-order valence-electron chi connectivity index (χ4n) is 3.55. The number of hydrogen-bond acceptors (Lipinski definition) is 6. The van der Waals surface area contributed by atoms with Crippen molar-refractivity contribution < 1.29 is 21.3 Å². The van der Waals surface area contributed by atoms with Gasteiger partial charge in [-0.1, -0.05) is 12.1 Å². The number of sulfone groups is 1. The molecule has 154 valence electrons. The predicted octanol–water partition coefficient (Wildman–Crippen LogP) is 3.71. The average Bonchev–Trinajstić information content (AvgIpc) is 3.42. The van der Waals surface area contributed by atoms with E-state index < -0.39 is 25.1 Å². The summed E-state index contributed by atoms with van der Waals surface area (Å²) in [5, 5.41) is 0.521. The Kier molecular flexibility index (Phi) is 5.65. The van der Waals surface area contributed by atoms with Gasteiger partial charge in [-0.2, -0.15) is 0 Å². The van der Waals surface area contributed by atoms with Crippen molar-refractivity contribution in [1.82, 2.24) is 4.72 Å². The summed E-state index contributed by atoms with van der Waals surface area (Å²) >= 11 is 1.09. The van der Waals surface area contributed by atoms with Crippen LogP contribution in [0.25, 0.3) is 0 Å². The molecule has 2 aromatic heterocycles. The Morgan fingerprint density at radius 2 is 1.79 bits per heavy atom. The molecule has 0 amide bonds. The number of rotatable bonds is 7. The number of benzene rings is 1. The third-order valence-electron chi connectivity index (χ3n) is 5.10. The van der Waals surface area contributed by atoms with Crippen LogP contribution >= 0.6 is 11.3 Å². The Morgan fingerprint density at radius 1 is 1.00 bits per heavy atom. The lowest BCUT2D eigenvalue weighted by Crippen LogP contribution is -2.31. The number of fused-ring (bicyclic) bond motifs is 1. The number of sulfonamides is 1. The van der Waals surface area contributed by atoms with Crippen molar-refractivity contribution in [2.75, 3.05) is 6.54 Å². The predicted molar refractivity (Wildman–Crippen MR) is 111 cm³/mol. The number of aryl methyl sites for hydroxylation is 2. The molecule has 9 heteroatoms. The van der Waals surface area contributed by atoms with E-state index in [2.05, 4.69) is 4.72 Å². The fraction of sp³-hybridized carbons (Fsp3) is 0.300. The first-order chi connectivity index (χ1) is 13.9. The van der Waals surface area contributed by atoms with E-state index in [1.54, 1.807) is 35.7 Å². The molecule has 1 aliphatic carbocycles. The molecule has 1 atom stereocenters. The van der Waals surface area contributed by atoms with Crippen molar-refractivity contribution in [2.24, 2.45) is 0 Å². The standard InChI is InChI=1S/C20H21NO5S3/c22-28(23,20-8-4-12-27-20)19(18-7-3-11-26-18)14-21-29(24,25)17-10-9-15-5-1-2-6-16(15)13-17/h3-4,7-13,19,21H,1-2,5-6,14H2/t19-/m1/s1. The molecule has 2 heterocycles. The van der Waals surface area contributed by atoms with Crippen LogP contribution in [0.3, 0.4) is 0 Å². The Hall–Kier alpha value is -1.94. The highest BCUT2D eigenvalue weighted by Gasteiger charge is 2.33. The number of hydrogen-bond donors (Lipinski definition) is 1. The van der Waals surface area contributed by atoms with Gasteiger partial charge in [0.2, 0.25) is 10.0 Å². The maximum atomic E-state index is 13.1. The lowest BCUT2D eigenvalue weighted by atomic mass is 9.92. The van der Waals surface area contributed by atoms with Gasteiger partial charge in [-0.05, 0) is 72.5 Å². The molecule has 0 saturated carbocycles. The highest BCUT2D eigenvalue weighted by molar-refractivity contribution is 7.93. The Labute approximate surface area is 174 Å². The van der Waals surface area contributed by atoms with E-state index in [1.807, 2.05) is 6.07 Å². The van der Waals surface area contributed by atoms with Crippen molar-refractivity contribution >= 4 is 31.2 Å². The Morgan fingerprint density at radius 3 is 2.48 bits per heavy atom. The van der Waals surface area contributed by atoms with Gasteiger partial charge in [0.05, 0.1) is 11.2 Å². The smallest absolute Gasteiger partial charge is 0.240 e. The first kappa shape index (κ1) is 20.3. The van der Waals surface area contributed by atoms with Crippen LogP contribution in [-0.4, -0.2) is 23.4 Å². The summed E-state index contributed by atoms with van der Waals surface area (Å²) in [5.74, 6) is 0.201. The van der Waals surface area contributed by atoms with Gasteiger partial charge in [-0.3, -0.25) is 0 Å². The van der Waals surface area contributed by atoms with Gasteiger partial charge in [0.25, 0.3) is 0 Å². The number of thiophene rings is 1. The molecule has 1 aromatic carbocycles. The highest BCUT2D eigenvalue weighted by atomic mass is 32.2. The van der Waals surface area contributed by atoms with E-state index in [1.165, 1.54) is 17.9 Å². The van der Waals surface area contributed by atoms with Gasteiger partial charge < -0.3 is 4.42 Å². The van der Waals surface area contributed by atoms with Crippen LogP contribution in [0.1, 0.15) is 35.0 Å².